The summed E-state index contributed by atoms with van der Waals surface area (Å²) in [7, 11) is -0.559. The van der Waals surface area contributed by atoms with E-state index < -0.39 is 10.0 Å². The summed E-state index contributed by atoms with van der Waals surface area (Å²) in [5.74, 6) is 1.25. The molecule has 0 heterocycles. The summed E-state index contributed by atoms with van der Waals surface area (Å²) in [4.78, 5) is 12.4. The van der Waals surface area contributed by atoms with Gasteiger partial charge in [-0.15, -0.1) is 0 Å². The summed E-state index contributed by atoms with van der Waals surface area (Å²) in [6.45, 7) is 1.83. The van der Waals surface area contributed by atoms with Crippen LogP contribution >= 0.6 is 0 Å². The van der Waals surface area contributed by atoms with E-state index in [9.17, 15) is 13.2 Å². The van der Waals surface area contributed by atoms with Gasteiger partial charge in [0.05, 0.1) is 25.2 Å². The van der Waals surface area contributed by atoms with Gasteiger partial charge in [0.15, 0.2) is 18.1 Å². The van der Waals surface area contributed by atoms with Crippen molar-refractivity contribution in [2.75, 3.05) is 20.8 Å². The predicted molar refractivity (Wildman–Crippen MR) is 129 cm³/mol. The van der Waals surface area contributed by atoms with Crippen LogP contribution in [0.4, 0.5) is 0 Å². The van der Waals surface area contributed by atoms with Gasteiger partial charge in [0.2, 0.25) is 10.0 Å². The van der Waals surface area contributed by atoms with Crippen LogP contribution in [0, 0.1) is 0 Å². The van der Waals surface area contributed by atoms with Gasteiger partial charge in [-0.2, -0.15) is 0 Å². The van der Waals surface area contributed by atoms with Crippen molar-refractivity contribution in [1.29, 1.82) is 0 Å². The number of benzene rings is 3. The molecule has 3 rings (SSSR count). The zero-order chi connectivity index (χ0) is 24.6. The van der Waals surface area contributed by atoms with E-state index in [2.05, 4.69) is 10.0 Å². The van der Waals surface area contributed by atoms with Crippen LogP contribution in [0.2, 0.25) is 0 Å². The Morgan fingerprint density at radius 3 is 2.24 bits per heavy atom. The minimum absolute atomic E-state index is 0.113. The summed E-state index contributed by atoms with van der Waals surface area (Å²) in [6, 6.07) is 20.3. The Balaban J connectivity index is 1.52. The summed E-state index contributed by atoms with van der Waals surface area (Å²) >= 11 is 0. The van der Waals surface area contributed by atoms with Crippen molar-refractivity contribution in [1.82, 2.24) is 10.0 Å². The Bertz CT molecular complexity index is 1200. The van der Waals surface area contributed by atoms with Gasteiger partial charge in [0, 0.05) is 6.54 Å². The zero-order valence-electron chi connectivity index (χ0n) is 19.3. The third-order valence-electron chi connectivity index (χ3n) is 5.10. The number of carbonyl (C=O) groups excluding carboxylic acids is 1. The number of nitrogens with one attached hydrogen (secondary N) is 2. The first-order valence-corrected chi connectivity index (χ1v) is 12.1. The normalized spacial score (nSPS) is 12.0. The summed E-state index contributed by atoms with van der Waals surface area (Å²) in [6.07, 6.45) is 0. The van der Waals surface area contributed by atoms with Crippen molar-refractivity contribution in [3.63, 3.8) is 0 Å². The van der Waals surface area contributed by atoms with Gasteiger partial charge in [0.1, 0.15) is 5.75 Å². The minimum Gasteiger partial charge on any atom is -0.493 e. The molecule has 0 aliphatic rings. The molecule has 34 heavy (non-hydrogen) atoms. The molecular weight excluding hydrogens is 456 g/mol. The van der Waals surface area contributed by atoms with Crippen molar-refractivity contribution < 1.29 is 27.4 Å². The van der Waals surface area contributed by atoms with Crippen LogP contribution in [0.3, 0.4) is 0 Å². The van der Waals surface area contributed by atoms with Gasteiger partial charge in [-0.25, -0.2) is 13.1 Å². The maximum absolute atomic E-state index is 12.5. The van der Waals surface area contributed by atoms with Gasteiger partial charge in [0.25, 0.3) is 5.91 Å². The Kier molecular flexibility index (Phi) is 8.50. The minimum atomic E-state index is -3.67. The SMILES string of the molecule is COc1ccc(C(C)NC(=O)COc2ccc(S(=O)(=O)NCc3ccccc3)cc2)cc1OC. The molecule has 0 bridgehead atoms. The second kappa shape index (κ2) is 11.5. The number of rotatable bonds is 11. The molecule has 180 valence electrons. The molecule has 0 radical (unpaired) electrons. The van der Waals surface area contributed by atoms with E-state index in [1.807, 2.05) is 43.3 Å². The molecule has 1 unspecified atom stereocenters. The highest BCUT2D eigenvalue weighted by Gasteiger charge is 2.15. The van der Waals surface area contributed by atoms with E-state index in [0.29, 0.717) is 17.2 Å². The highest BCUT2D eigenvalue weighted by molar-refractivity contribution is 7.89. The van der Waals surface area contributed by atoms with E-state index in [4.69, 9.17) is 14.2 Å². The quantitative estimate of drug-likeness (QED) is 0.432. The number of hydrogen-bond acceptors (Lipinski definition) is 6. The molecule has 0 aliphatic heterocycles. The molecular formula is C25H28N2O6S. The lowest BCUT2D eigenvalue weighted by Gasteiger charge is -2.17. The van der Waals surface area contributed by atoms with Crippen LogP contribution in [0.25, 0.3) is 0 Å². The van der Waals surface area contributed by atoms with Gasteiger partial charge >= 0.3 is 0 Å². The Morgan fingerprint density at radius 1 is 0.912 bits per heavy atom. The van der Waals surface area contributed by atoms with Crippen molar-refractivity contribution >= 4 is 15.9 Å². The molecule has 0 fully saturated rings. The monoisotopic (exact) mass is 484 g/mol. The average Bonchev–Trinajstić information content (AvgIpc) is 2.86. The number of amides is 1. The van der Waals surface area contributed by atoms with Crippen LogP contribution in [0.5, 0.6) is 17.2 Å². The molecule has 0 aliphatic carbocycles. The maximum Gasteiger partial charge on any atom is 0.258 e. The van der Waals surface area contributed by atoms with Gasteiger partial charge in [-0.3, -0.25) is 4.79 Å². The number of hydrogen-bond donors (Lipinski definition) is 2. The first-order chi connectivity index (χ1) is 16.3. The molecule has 9 heteroatoms. The molecule has 3 aromatic carbocycles. The van der Waals surface area contributed by atoms with E-state index in [1.54, 1.807) is 26.4 Å². The topological polar surface area (TPSA) is 103 Å². The number of ether oxygens (including phenoxy) is 3. The summed E-state index contributed by atoms with van der Waals surface area (Å²) in [5.41, 5.74) is 1.71. The van der Waals surface area contributed by atoms with Crippen molar-refractivity contribution in [2.24, 2.45) is 0 Å². The Labute approximate surface area is 199 Å². The second-order valence-corrected chi connectivity index (χ2v) is 9.24. The molecule has 0 saturated carbocycles. The largest absolute Gasteiger partial charge is 0.493 e. The van der Waals surface area contributed by atoms with Crippen LogP contribution < -0.4 is 24.2 Å². The standard InChI is InChI=1S/C25H28N2O6S/c1-18(20-9-14-23(31-2)24(15-20)32-3)27-25(28)17-33-21-10-12-22(13-11-21)34(29,30)26-16-19-7-5-4-6-8-19/h4-15,18,26H,16-17H2,1-3H3,(H,27,28). The Morgan fingerprint density at radius 2 is 1.59 bits per heavy atom. The van der Waals surface area contributed by atoms with E-state index in [-0.39, 0.29) is 30.0 Å². The lowest BCUT2D eigenvalue weighted by molar-refractivity contribution is -0.123. The Hall–Kier alpha value is -3.56. The van der Waals surface area contributed by atoms with Gasteiger partial charge in [-0.1, -0.05) is 36.4 Å². The summed E-state index contributed by atoms with van der Waals surface area (Å²) < 4.78 is 43.6. The maximum atomic E-state index is 12.5. The first-order valence-electron chi connectivity index (χ1n) is 10.6. The lowest BCUT2D eigenvalue weighted by atomic mass is 10.1. The average molecular weight is 485 g/mol. The van der Waals surface area contributed by atoms with Gasteiger partial charge < -0.3 is 19.5 Å². The molecule has 1 amide bonds. The lowest BCUT2D eigenvalue weighted by Crippen LogP contribution is -2.31. The van der Waals surface area contributed by atoms with Crippen LogP contribution in [-0.2, 0) is 21.4 Å². The zero-order valence-corrected chi connectivity index (χ0v) is 20.1. The molecule has 2 N–H and O–H groups in total. The second-order valence-electron chi connectivity index (χ2n) is 7.47. The van der Waals surface area contributed by atoms with E-state index in [1.165, 1.54) is 24.3 Å². The smallest absolute Gasteiger partial charge is 0.258 e. The number of methoxy groups -OCH3 is 2. The molecule has 3 aromatic rings. The third-order valence-corrected chi connectivity index (χ3v) is 6.52. The predicted octanol–water partition coefficient (Wildman–Crippen LogP) is 3.44. The van der Waals surface area contributed by atoms with Crippen LogP contribution in [0.1, 0.15) is 24.1 Å². The van der Waals surface area contributed by atoms with Crippen molar-refractivity contribution in [3.8, 4) is 17.2 Å². The van der Waals surface area contributed by atoms with E-state index in [0.717, 1.165) is 11.1 Å². The number of sulfonamides is 1. The molecule has 1 atom stereocenters. The van der Waals surface area contributed by atoms with Crippen LogP contribution in [-0.4, -0.2) is 35.2 Å². The highest BCUT2D eigenvalue weighted by Crippen LogP contribution is 2.29. The van der Waals surface area contributed by atoms with Crippen LogP contribution in [0.15, 0.2) is 77.7 Å². The third kappa shape index (κ3) is 6.72. The highest BCUT2D eigenvalue weighted by atomic mass is 32.2. The van der Waals surface area contributed by atoms with E-state index >= 15 is 0 Å². The number of carbonyl (C=O) groups is 1. The molecule has 0 spiro atoms. The molecule has 0 saturated heterocycles. The molecule has 0 aromatic heterocycles. The fourth-order valence-electron chi connectivity index (χ4n) is 3.21. The van der Waals surface area contributed by atoms with Gasteiger partial charge in [-0.05, 0) is 54.4 Å². The van der Waals surface area contributed by atoms with Crippen molar-refractivity contribution in [3.05, 3.63) is 83.9 Å². The summed E-state index contributed by atoms with van der Waals surface area (Å²) in [5, 5.41) is 2.86. The first kappa shape index (κ1) is 25.1. The molecule has 8 nitrogen and oxygen atoms in total. The fourth-order valence-corrected chi connectivity index (χ4v) is 4.23. The van der Waals surface area contributed by atoms with Crippen molar-refractivity contribution in [2.45, 2.75) is 24.4 Å². The fraction of sp³-hybridized carbons (Fsp3) is 0.240.